The van der Waals surface area contributed by atoms with Crippen LogP contribution in [0, 0.1) is 0 Å². The summed E-state index contributed by atoms with van der Waals surface area (Å²) in [5.41, 5.74) is 3.00. The van der Waals surface area contributed by atoms with E-state index in [4.69, 9.17) is 4.65 Å². The van der Waals surface area contributed by atoms with Gasteiger partial charge in [0.05, 0.1) is 0 Å². The second-order valence-electron chi connectivity index (χ2n) is 5.40. The van der Waals surface area contributed by atoms with E-state index >= 15 is 0 Å². The molecule has 0 spiro atoms. The number of aryl methyl sites for hydroxylation is 1. The van der Waals surface area contributed by atoms with Gasteiger partial charge in [-0.15, -0.1) is 0 Å². The van der Waals surface area contributed by atoms with Gasteiger partial charge in [-0.05, 0) is 35.3 Å². The lowest BCUT2D eigenvalue weighted by Gasteiger charge is -2.12. The van der Waals surface area contributed by atoms with Crippen LogP contribution in [-0.2, 0) is 11.1 Å². The Morgan fingerprint density at radius 3 is 2.50 bits per heavy atom. The van der Waals surface area contributed by atoms with Crippen molar-refractivity contribution in [2.75, 3.05) is 0 Å². The van der Waals surface area contributed by atoms with Gasteiger partial charge in [-0.1, -0.05) is 36.4 Å². The number of rotatable bonds is 1. The predicted molar refractivity (Wildman–Crippen MR) is 81.2 cm³/mol. The second-order valence-corrected chi connectivity index (χ2v) is 5.40. The molecule has 4 rings (SSSR count). The van der Waals surface area contributed by atoms with Gasteiger partial charge in [-0.2, -0.15) is 4.60 Å². The fourth-order valence-electron chi connectivity index (χ4n) is 2.97. The number of halogens is 2. The molecule has 2 aromatic carbocycles. The molecule has 0 saturated heterocycles. The molecule has 0 aromatic heterocycles. The predicted octanol–water partition coefficient (Wildman–Crippen LogP) is 3.20. The van der Waals surface area contributed by atoms with E-state index in [0.717, 1.165) is 22.1 Å². The largest absolute Gasteiger partial charge is 0.859 e. The summed E-state index contributed by atoms with van der Waals surface area (Å²) in [4.78, 5) is 0. The molecule has 0 saturated carbocycles. The highest BCUT2D eigenvalue weighted by molar-refractivity contribution is 6.55. The molecule has 3 nitrogen and oxygen atoms in total. The Balaban J connectivity index is 1.85. The third kappa shape index (κ3) is 2.03. The maximum absolute atomic E-state index is 14.3. The zero-order chi connectivity index (χ0) is 15.2. The topological polar surface area (TPSA) is 24.6 Å². The summed E-state index contributed by atoms with van der Waals surface area (Å²) in [6.45, 7) is 0. The molecule has 0 radical (unpaired) electrons. The second kappa shape index (κ2) is 4.76. The van der Waals surface area contributed by atoms with Crippen LogP contribution in [0.3, 0.4) is 0 Å². The fraction of sp³-hybridized carbons (Fsp3) is 0.125. The van der Waals surface area contributed by atoms with E-state index in [1.807, 2.05) is 30.3 Å². The van der Waals surface area contributed by atoms with Crippen molar-refractivity contribution in [2.45, 2.75) is 12.8 Å². The summed E-state index contributed by atoms with van der Waals surface area (Å²) < 4.78 is 34.3. The molecule has 0 bridgehead atoms. The Labute approximate surface area is 126 Å². The van der Waals surface area contributed by atoms with Crippen molar-refractivity contribution in [3.05, 3.63) is 71.3 Å². The van der Waals surface area contributed by atoms with Crippen molar-refractivity contribution in [1.29, 1.82) is 0 Å². The molecular weight excluding hydrogens is 285 g/mol. The van der Waals surface area contributed by atoms with Crippen LogP contribution >= 0.6 is 0 Å². The standard InChI is InChI=1S/C16H13BF2N2O/c18-17(19)21(15-11-10-12-6-4-5-9-14(12)15)20-16(22-17)13-7-2-1-3-8-13/h1-9H,10-11H2/b21-15+. The summed E-state index contributed by atoms with van der Waals surface area (Å²) in [6.07, 6.45) is 1.30. The van der Waals surface area contributed by atoms with Crippen LogP contribution in [0.4, 0.5) is 8.63 Å². The first-order chi connectivity index (χ1) is 10.6. The quantitative estimate of drug-likeness (QED) is 0.742. The fourth-order valence-corrected chi connectivity index (χ4v) is 2.97. The Bertz CT molecular complexity index is 803. The Hall–Kier alpha value is -2.50. The Kier molecular flexibility index (Phi) is 2.85. The molecule has 1 heterocycles. The van der Waals surface area contributed by atoms with Gasteiger partial charge in [-0.3, -0.25) is 0 Å². The molecule has 0 N–H and O–H groups in total. The lowest BCUT2D eigenvalue weighted by Crippen LogP contribution is -2.39. The lowest BCUT2D eigenvalue weighted by molar-refractivity contribution is -0.431. The molecule has 1 aliphatic heterocycles. The third-order valence-electron chi connectivity index (χ3n) is 3.99. The molecule has 1 aliphatic carbocycles. The van der Waals surface area contributed by atoms with Crippen LogP contribution in [0.5, 0.6) is 0 Å². The van der Waals surface area contributed by atoms with E-state index < -0.39 is 7.04 Å². The van der Waals surface area contributed by atoms with Crippen molar-refractivity contribution >= 4 is 18.6 Å². The number of nitrogens with zero attached hydrogens (tertiary/aromatic N) is 2. The van der Waals surface area contributed by atoms with Gasteiger partial charge in [0, 0.05) is 17.5 Å². The minimum Gasteiger partial charge on any atom is -0.580 e. The first-order valence-corrected chi connectivity index (χ1v) is 7.23. The van der Waals surface area contributed by atoms with Gasteiger partial charge < -0.3 is 13.3 Å². The van der Waals surface area contributed by atoms with E-state index in [1.165, 1.54) is 0 Å². The molecule has 2 aromatic rings. The van der Waals surface area contributed by atoms with Crippen LogP contribution in [0.1, 0.15) is 23.1 Å². The van der Waals surface area contributed by atoms with Gasteiger partial charge in [0.15, 0.2) is 5.71 Å². The maximum atomic E-state index is 14.3. The highest BCUT2D eigenvalue weighted by atomic mass is 19.3. The van der Waals surface area contributed by atoms with Gasteiger partial charge in [0.2, 0.25) is 5.90 Å². The highest BCUT2D eigenvalue weighted by Gasteiger charge is 2.56. The van der Waals surface area contributed by atoms with E-state index in [9.17, 15) is 8.63 Å². The van der Waals surface area contributed by atoms with Crippen molar-refractivity contribution in [3.63, 3.8) is 0 Å². The molecule has 110 valence electrons. The highest BCUT2D eigenvalue weighted by Crippen LogP contribution is 2.28. The van der Waals surface area contributed by atoms with Gasteiger partial charge in [0.1, 0.15) is 0 Å². The number of hydrogen-bond acceptors (Lipinski definition) is 2. The molecular formula is C16H13BF2N2O. The first-order valence-electron chi connectivity index (χ1n) is 7.23. The number of hydrazone groups is 1. The molecule has 6 heteroatoms. The van der Waals surface area contributed by atoms with Crippen LogP contribution in [-0.4, -0.2) is 23.2 Å². The van der Waals surface area contributed by atoms with Crippen molar-refractivity contribution in [1.82, 2.24) is 0 Å². The average molecular weight is 298 g/mol. The smallest absolute Gasteiger partial charge is 0.580 e. The maximum Gasteiger partial charge on any atom is 0.859 e. The normalized spacial score (nSPS) is 22.2. The molecule has 0 amide bonds. The molecule has 0 atom stereocenters. The number of hydrogen-bond donors (Lipinski definition) is 0. The van der Waals surface area contributed by atoms with Crippen LogP contribution < -0.4 is 0 Å². The Morgan fingerprint density at radius 1 is 0.955 bits per heavy atom. The van der Waals surface area contributed by atoms with Gasteiger partial charge >= 0.3 is 7.04 Å². The zero-order valence-electron chi connectivity index (χ0n) is 11.7. The van der Waals surface area contributed by atoms with E-state index in [0.29, 0.717) is 17.7 Å². The third-order valence-corrected chi connectivity index (χ3v) is 3.99. The summed E-state index contributed by atoms with van der Waals surface area (Å²) in [5, 5.41) is 4.06. The SMILES string of the molecule is F[B-]1(F)OC(c2ccccc2)=N/[N+]1=C1\CCc2ccccc21. The lowest BCUT2D eigenvalue weighted by atomic mass is 10.0. The summed E-state index contributed by atoms with van der Waals surface area (Å²) >= 11 is 0. The summed E-state index contributed by atoms with van der Waals surface area (Å²) in [6, 6.07) is 16.4. The number of fused-ring (bicyclic) bond motifs is 1. The van der Waals surface area contributed by atoms with Crippen molar-refractivity contribution < 1.29 is 17.9 Å². The summed E-state index contributed by atoms with van der Waals surface area (Å²) in [7, 11) is -4.18. The van der Waals surface area contributed by atoms with E-state index in [2.05, 4.69) is 5.10 Å². The van der Waals surface area contributed by atoms with Crippen LogP contribution in [0.15, 0.2) is 59.7 Å². The summed E-state index contributed by atoms with van der Waals surface area (Å²) in [5.74, 6) is -0.0255. The van der Waals surface area contributed by atoms with Gasteiger partial charge in [0.25, 0.3) is 0 Å². The van der Waals surface area contributed by atoms with Crippen LogP contribution in [0.2, 0.25) is 0 Å². The number of benzene rings is 2. The molecule has 0 unspecified atom stereocenters. The monoisotopic (exact) mass is 298 g/mol. The van der Waals surface area contributed by atoms with Crippen LogP contribution in [0.25, 0.3) is 0 Å². The van der Waals surface area contributed by atoms with Crippen molar-refractivity contribution in [2.24, 2.45) is 5.10 Å². The minimum atomic E-state index is -4.18. The molecule has 0 fully saturated rings. The average Bonchev–Trinajstić information content (AvgIpc) is 3.08. The molecule has 2 aliphatic rings. The zero-order valence-corrected chi connectivity index (χ0v) is 11.7. The first kappa shape index (κ1) is 13.2. The Morgan fingerprint density at radius 2 is 1.68 bits per heavy atom. The van der Waals surface area contributed by atoms with E-state index in [-0.39, 0.29) is 5.90 Å². The van der Waals surface area contributed by atoms with Crippen molar-refractivity contribution in [3.8, 4) is 0 Å². The minimum absolute atomic E-state index is 0.0255. The van der Waals surface area contributed by atoms with Gasteiger partial charge in [-0.25, -0.2) is 0 Å². The molecule has 22 heavy (non-hydrogen) atoms. The van der Waals surface area contributed by atoms with E-state index in [1.54, 1.807) is 24.3 Å².